The van der Waals surface area contributed by atoms with Crippen molar-refractivity contribution in [1.82, 2.24) is 0 Å². The molecule has 2 N–H and O–H groups in total. The van der Waals surface area contributed by atoms with Gasteiger partial charge in [0.25, 0.3) is 5.91 Å². The van der Waals surface area contributed by atoms with Crippen molar-refractivity contribution in [3.8, 4) is 11.5 Å². The number of ether oxygens (including phenoxy) is 2. The molecular weight excluding hydrogens is 316 g/mol. The molecule has 2 aromatic rings. The Labute approximate surface area is 147 Å². The van der Waals surface area contributed by atoms with E-state index in [-0.39, 0.29) is 12.7 Å². The zero-order chi connectivity index (χ0) is 17.1. The molecule has 0 aromatic heterocycles. The fourth-order valence-electron chi connectivity index (χ4n) is 3.44. The summed E-state index contributed by atoms with van der Waals surface area (Å²) in [7, 11) is 0. The molecule has 0 saturated heterocycles. The molecule has 0 radical (unpaired) electrons. The van der Waals surface area contributed by atoms with E-state index in [1.54, 1.807) is 18.2 Å². The van der Waals surface area contributed by atoms with Crippen LogP contribution in [-0.2, 0) is 0 Å². The molecule has 25 heavy (non-hydrogen) atoms. The maximum absolute atomic E-state index is 12.5. The van der Waals surface area contributed by atoms with Crippen LogP contribution < -0.4 is 20.1 Å². The molecule has 0 atom stereocenters. The lowest BCUT2D eigenvalue weighted by Crippen LogP contribution is -2.22. The molecule has 1 aliphatic carbocycles. The molecular formula is C20H22N2O3. The highest BCUT2D eigenvalue weighted by molar-refractivity contribution is 6.06. The quantitative estimate of drug-likeness (QED) is 0.867. The van der Waals surface area contributed by atoms with Gasteiger partial charge in [-0.15, -0.1) is 0 Å². The van der Waals surface area contributed by atoms with E-state index in [0.717, 1.165) is 11.4 Å². The summed E-state index contributed by atoms with van der Waals surface area (Å²) in [6.07, 6.45) is 6.43. The van der Waals surface area contributed by atoms with Crippen molar-refractivity contribution in [3.63, 3.8) is 0 Å². The zero-order valence-electron chi connectivity index (χ0n) is 14.1. The van der Waals surface area contributed by atoms with Gasteiger partial charge in [0.2, 0.25) is 6.79 Å². The Balaban J connectivity index is 1.41. The number of fused-ring (bicyclic) bond motifs is 1. The van der Waals surface area contributed by atoms with Gasteiger partial charge in [-0.2, -0.15) is 0 Å². The number of nitrogens with one attached hydrogen (secondary N) is 2. The summed E-state index contributed by atoms with van der Waals surface area (Å²) in [5.74, 6) is 0.922. The lowest BCUT2D eigenvalue weighted by atomic mass is 9.95. The zero-order valence-corrected chi connectivity index (χ0v) is 14.1. The molecule has 5 nitrogen and oxygen atoms in total. The third-order valence-corrected chi connectivity index (χ3v) is 4.76. The van der Waals surface area contributed by atoms with Gasteiger partial charge in [0, 0.05) is 17.4 Å². The number of benzene rings is 2. The number of para-hydroxylation sites is 1. The smallest absolute Gasteiger partial charge is 0.259 e. The Hall–Kier alpha value is -2.69. The van der Waals surface area contributed by atoms with E-state index in [1.807, 2.05) is 24.3 Å². The maximum Gasteiger partial charge on any atom is 0.259 e. The summed E-state index contributed by atoms with van der Waals surface area (Å²) in [6.45, 7) is 0.154. The molecule has 2 aromatic carbocycles. The van der Waals surface area contributed by atoms with Crippen LogP contribution >= 0.6 is 0 Å². The highest BCUT2D eigenvalue weighted by atomic mass is 16.7. The van der Waals surface area contributed by atoms with E-state index < -0.39 is 0 Å². The number of amides is 1. The van der Waals surface area contributed by atoms with Crippen molar-refractivity contribution >= 4 is 17.3 Å². The second-order valence-electron chi connectivity index (χ2n) is 6.55. The van der Waals surface area contributed by atoms with Gasteiger partial charge in [-0.1, -0.05) is 25.3 Å². The Kier molecular flexibility index (Phi) is 4.46. The molecule has 1 amide bonds. The van der Waals surface area contributed by atoms with Crippen LogP contribution in [0.5, 0.6) is 11.5 Å². The first-order valence-electron chi connectivity index (χ1n) is 8.86. The number of carbonyl (C=O) groups excluding carboxylic acids is 1. The molecule has 2 aliphatic rings. The molecule has 0 bridgehead atoms. The molecule has 0 spiro atoms. The Bertz CT molecular complexity index is 752. The first-order chi connectivity index (χ1) is 12.3. The van der Waals surface area contributed by atoms with Crippen LogP contribution in [0, 0.1) is 0 Å². The van der Waals surface area contributed by atoms with E-state index in [2.05, 4.69) is 10.6 Å². The predicted octanol–water partition coefficient (Wildman–Crippen LogP) is 4.41. The van der Waals surface area contributed by atoms with Crippen molar-refractivity contribution < 1.29 is 14.3 Å². The number of rotatable bonds is 4. The second kappa shape index (κ2) is 7.05. The maximum atomic E-state index is 12.5. The van der Waals surface area contributed by atoms with Crippen LogP contribution in [-0.4, -0.2) is 18.7 Å². The summed E-state index contributed by atoms with van der Waals surface area (Å²) in [6, 6.07) is 13.8. The van der Waals surface area contributed by atoms with Gasteiger partial charge in [0.1, 0.15) is 0 Å². The Morgan fingerprint density at radius 2 is 1.68 bits per heavy atom. The van der Waals surface area contributed by atoms with Gasteiger partial charge in [-0.3, -0.25) is 4.79 Å². The number of hydrogen-bond acceptors (Lipinski definition) is 4. The van der Waals surface area contributed by atoms with Gasteiger partial charge in [0.15, 0.2) is 11.5 Å². The molecule has 0 unspecified atom stereocenters. The average Bonchev–Trinajstić information content (AvgIpc) is 3.13. The van der Waals surface area contributed by atoms with Gasteiger partial charge in [-0.25, -0.2) is 0 Å². The molecule has 5 heteroatoms. The Morgan fingerprint density at radius 1 is 0.920 bits per heavy atom. The Morgan fingerprint density at radius 3 is 2.48 bits per heavy atom. The highest BCUT2D eigenvalue weighted by Crippen LogP contribution is 2.35. The normalized spacial score (nSPS) is 16.5. The topological polar surface area (TPSA) is 59.6 Å². The summed E-state index contributed by atoms with van der Waals surface area (Å²) >= 11 is 0. The highest BCUT2D eigenvalue weighted by Gasteiger charge is 2.21. The van der Waals surface area contributed by atoms with E-state index in [1.165, 1.54) is 32.1 Å². The second-order valence-corrected chi connectivity index (χ2v) is 6.55. The van der Waals surface area contributed by atoms with Crippen molar-refractivity contribution in [3.05, 3.63) is 48.0 Å². The van der Waals surface area contributed by atoms with Crippen LogP contribution in [0.25, 0.3) is 0 Å². The standard InChI is InChI=1S/C20H22N2O3/c23-20(17-7-4-8-18-19(17)25-13-24-18)22-16-11-9-15(10-12-16)21-14-5-2-1-3-6-14/h4,7-12,14,21H,1-3,5-6,13H2,(H,22,23). The molecule has 1 saturated carbocycles. The van der Waals surface area contributed by atoms with Crippen LogP contribution in [0.1, 0.15) is 42.5 Å². The van der Waals surface area contributed by atoms with Crippen molar-refractivity contribution in [1.29, 1.82) is 0 Å². The van der Waals surface area contributed by atoms with E-state index in [0.29, 0.717) is 23.1 Å². The molecule has 1 aliphatic heterocycles. The fraction of sp³-hybridized carbons (Fsp3) is 0.350. The predicted molar refractivity (Wildman–Crippen MR) is 97.5 cm³/mol. The minimum absolute atomic E-state index is 0.154. The number of carbonyl (C=O) groups is 1. The summed E-state index contributed by atoms with van der Waals surface area (Å²) in [4.78, 5) is 12.5. The van der Waals surface area contributed by atoms with Gasteiger partial charge in [0.05, 0.1) is 5.56 Å². The lowest BCUT2D eigenvalue weighted by Gasteiger charge is -2.23. The number of anilines is 2. The van der Waals surface area contributed by atoms with Gasteiger partial charge >= 0.3 is 0 Å². The van der Waals surface area contributed by atoms with Crippen molar-refractivity contribution in [2.24, 2.45) is 0 Å². The monoisotopic (exact) mass is 338 g/mol. The van der Waals surface area contributed by atoms with Gasteiger partial charge < -0.3 is 20.1 Å². The number of hydrogen-bond donors (Lipinski definition) is 2. The van der Waals surface area contributed by atoms with Crippen LogP contribution in [0.3, 0.4) is 0 Å². The van der Waals surface area contributed by atoms with Gasteiger partial charge in [-0.05, 0) is 49.2 Å². The van der Waals surface area contributed by atoms with Crippen LogP contribution in [0.4, 0.5) is 11.4 Å². The summed E-state index contributed by atoms with van der Waals surface area (Å²) in [5.41, 5.74) is 2.34. The molecule has 4 rings (SSSR count). The van der Waals surface area contributed by atoms with E-state index in [4.69, 9.17) is 9.47 Å². The minimum atomic E-state index is -0.199. The largest absolute Gasteiger partial charge is 0.454 e. The van der Waals surface area contributed by atoms with Crippen molar-refractivity contribution in [2.75, 3.05) is 17.4 Å². The van der Waals surface area contributed by atoms with E-state index >= 15 is 0 Å². The summed E-state index contributed by atoms with van der Waals surface area (Å²) in [5, 5.41) is 6.49. The lowest BCUT2D eigenvalue weighted by molar-refractivity contribution is 0.102. The van der Waals surface area contributed by atoms with Crippen LogP contribution in [0.2, 0.25) is 0 Å². The third-order valence-electron chi connectivity index (χ3n) is 4.76. The first kappa shape index (κ1) is 15.8. The summed E-state index contributed by atoms with van der Waals surface area (Å²) < 4.78 is 10.7. The first-order valence-corrected chi connectivity index (χ1v) is 8.86. The van der Waals surface area contributed by atoms with Crippen molar-refractivity contribution in [2.45, 2.75) is 38.1 Å². The third kappa shape index (κ3) is 3.55. The van der Waals surface area contributed by atoms with Crippen LogP contribution in [0.15, 0.2) is 42.5 Å². The molecule has 130 valence electrons. The van der Waals surface area contributed by atoms with E-state index in [9.17, 15) is 4.79 Å². The average molecular weight is 338 g/mol. The SMILES string of the molecule is O=C(Nc1ccc(NC2CCCCC2)cc1)c1cccc2c1OCO2. The molecule has 1 fully saturated rings. The molecule has 1 heterocycles. The minimum Gasteiger partial charge on any atom is -0.454 e. The fourth-order valence-corrected chi connectivity index (χ4v) is 3.44.